The Morgan fingerprint density at radius 1 is 1.37 bits per heavy atom. The van der Waals surface area contributed by atoms with Crippen LogP contribution in [0.25, 0.3) is 11.1 Å². The van der Waals surface area contributed by atoms with Crippen LogP contribution in [-0.4, -0.2) is 23.7 Å². The number of halogens is 3. The normalized spacial score (nSPS) is 12.3. The molecule has 0 unspecified atom stereocenters. The third kappa shape index (κ3) is 2.91. The van der Waals surface area contributed by atoms with E-state index in [0.717, 1.165) is 4.90 Å². The third-order valence-electron chi connectivity index (χ3n) is 2.66. The highest BCUT2D eigenvalue weighted by Gasteiger charge is 2.34. The Morgan fingerprint density at radius 2 is 2.05 bits per heavy atom. The van der Waals surface area contributed by atoms with Crippen LogP contribution in [0.1, 0.15) is 13.8 Å². The highest BCUT2D eigenvalue weighted by molar-refractivity contribution is 5.86. The number of nitrogens with zero attached hydrogens (tertiary/aromatic N) is 2. The van der Waals surface area contributed by atoms with Gasteiger partial charge >= 0.3 is 6.18 Å². The van der Waals surface area contributed by atoms with Crippen LogP contribution in [0.3, 0.4) is 0 Å². The molecule has 2 N–H and O–H groups in total. The molecule has 0 spiro atoms. The van der Waals surface area contributed by atoms with Gasteiger partial charge in [0.2, 0.25) is 0 Å². The Morgan fingerprint density at radius 3 is 2.58 bits per heavy atom. The van der Waals surface area contributed by atoms with Crippen LogP contribution in [-0.2, 0) is 0 Å². The molecule has 2 aromatic rings. The first-order chi connectivity index (χ1) is 8.78. The van der Waals surface area contributed by atoms with E-state index in [-0.39, 0.29) is 6.01 Å². The lowest BCUT2D eigenvalue weighted by Crippen LogP contribution is -2.39. The van der Waals surface area contributed by atoms with Crippen molar-refractivity contribution in [2.75, 3.05) is 17.2 Å². The largest absolute Gasteiger partial charge is 0.423 e. The molecule has 1 aromatic heterocycles. The number of oxazole rings is 1. The fraction of sp³-hybridized carbons (Fsp3) is 0.417. The van der Waals surface area contributed by atoms with Gasteiger partial charge in [-0.3, -0.25) is 0 Å². The van der Waals surface area contributed by atoms with Crippen LogP contribution in [0.15, 0.2) is 22.6 Å². The zero-order valence-electron chi connectivity index (χ0n) is 10.5. The Labute approximate surface area is 108 Å². The van der Waals surface area contributed by atoms with E-state index in [0.29, 0.717) is 16.8 Å². The molecule has 1 aromatic carbocycles. The van der Waals surface area contributed by atoms with E-state index in [2.05, 4.69) is 4.98 Å². The number of hydrogen-bond acceptors (Lipinski definition) is 4. The molecule has 7 heteroatoms. The molecular formula is C12H14F3N3O. The molecule has 0 fully saturated rings. The lowest BCUT2D eigenvalue weighted by Gasteiger charge is -2.25. The van der Waals surface area contributed by atoms with E-state index in [9.17, 15) is 13.2 Å². The monoisotopic (exact) mass is 273 g/mol. The van der Waals surface area contributed by atoms with Crippen LogP contribution in [0.2, 0.25) is 0 Å². The first-order valence-electron chi connectivity index (χ1n) is 5.76. The average molecular weight is 273 g/mol. The van der Waals surface area contributed by atoms with Crippen molar-refractivity contribution in [3.63, 3.8) is 0 Å². The molecule has 19 heavy (non-hydrogen) atoms. The summed E-state index contributed by atoms with van der Waals surface area (Å²) in [7, 11) is 0. The summed E-state index contributed by atoms with van der Waals surface area (Å²) in [6.45, 7) is 2.17. The van der Waals surface area contributed by atoms with Gasteiger partial charge in [-0.15, -0.1) is 0 Å². The number of benzene rings is 1. The topological polar surface area (TPSA) is 55.3 Å². The number of fused-ring (bicyclic) bond motifs is 1. The molecule has 104 valence electrons. The minimum atomic E-state index is -4.32. The quantitative estimate of drug-likeness (QED) is 0.872. The summed E-state index contributed by atoms with van der Waals surface area (Å²) in [6.07, 6.45) is -4.32. The molecular weight excluding hydrogens is 259 g/mol. The molecule has 0 atom stereocenters. The summed E-state index contributed by atoms with van der Waals surface area (Å²) in [4.78, 5) is 5.11. The van der Waals surface area contributed by atoms with E-state index < -0.39 is 18.8 Å². The maximum absolute atomic E-state index is 12.6. The molecule has 0 bridgehead atoms. The van der Waals surface area contributed by atoms with E-state index in [1.165, 1.54) is 0 Å². The van der Waals surface area contributed by atoms with Crippen molar-refractivity contribution in [1.29, 1.82) is 0 Å². The number of hydrogen-bond donors (Lipinski definition) is 1. The summed E-state index contributed by atoms with van der Waals surface area (Å²) >= 11 is 0. The van der Waals surface area contributed by atoms with Crippen LogP contribution < -0.4 is 10.6 Å². The number of aromatic nitrogens is 1. The van der Waals surface area contributed by atoms with Gasteiger partial charge in [-0.1, -0.05) is 6.07 Å². The summed E-state index contributed by atoms with van der Waals surface area (Å²) in [6, 6.07) is 4.44. The molecule has 0 radical (unpaired) electrons. The zero-order valence-corrected chi connectivity index (χ0v) is 10.5. The van der Waals surface area contributed by atoms with E-state index in [1.807, 2.05) is 0 Å². The molecule has 0 saturated heterocycles. The number of para-hydroxylation sites is 1. The zero-order chi connectivity index (χ0) is 14.2. The van der Waals surface area contributed by atoms with Crippen molar-refractivity contribution in [3.8, 4) is 0 Å². The van der Waals surface area contributed by atoms with Crippen molar-refractivity contribution in [2.45, 2.75) is 26.1 Å². The number of nitrogen functional groups attached to an aromatic ring is 1. The number of anilines is 2. The Balaban J connectivity index is 2.42. The van der Waals surface area contributed by atoms with E-state index >= 15 is 0 Å². The number of nitrogens with two attached hydrogens (primary N) is 1. The molecule has 4 nitrogen and oxygen atoms in total. The first-order valence-corrected chi connectivity index (χ1v) is 5.76. The average Bonchev–Trinajstić information content (AvgIpc) is 2.69. The summed E-state index contributed by atoms with van der Waals surface area (Å²) in [5, 5.41) is 0. The minimum absolute atomic E-state index is 0.0692. The van der Waals surface area contributed by atoms with Crippen molar-refractivity contribution < 1.29 is 17.6 Å². The smallest absolute Gasteiger partial charge is 0.406 e. The minimum Gasteiger partial charge on any atom is -0.423 e. The predicted octanol–water partition coefficient (Wildman–Crippen LogP) is 3.19. The van der Waals surface area contributed by atoms with Crippen LogP contribution >= 0.6 is 0 Å². The summed E-state index contributed by atoms with van der Waals surface area (Å²) in [5.74, 6) is 0. The predicted molar refractivity (Wildman–Crippen MR) is 67.0 cm³/mol. The Kier molecular flexibility index (Phi) is 3.30. The van der Waals surface area contributed by atoms with Gasteiger partial charge in [-0.25, -0.2) is 0 Å². The van der Waals surface area contributed by atoms with Gasteiger partial charge in [-0.05, 0) is 26.0 Å². The fourth-order valence-corrected chi connectivity index (χ4v) is 1.75. The maximum atomic E-state index is 12.6. The summed E-state index contributed by atoms with van der Waals surface area (Å²) < 4.78 is 43.0. The van der Waals surface area contributed by atoms with Crippen molar-refractivity contribution >= 4 is 22.8 Å². The molecule has 0 aliphatic carbocycles. The summed E-state index contributed by atoms with van der Waals surface area (Å²) in [5.41, 5.74) is 6.85. The number of rotatable bonds is 3. The second-order valence-corrected chi connectivity index (χ2v) is 4.53. The van der Waals surface area contributed by atoms with Gasteiger partial charge in [0.1, 0.15) is 12.1 Å². The van der Waals surface area contributed by atoms with Crippen LogP contribution in [0, 0.1) is 0 Å². The van der Waals surface area contributed by atoms with Crippen LogP contribution in [0.4, 0.5) is 24.9 Å². The van der Waals surface area contributed by atoms with Gasteiger partial charge in [0, 0.05) is 6.04 Å². The second-order valence-electron chi connectivity index (χ2n) is 4.53. The maximum Gasteiger partial charge on any atom is 0.406 e. The highest BCUT2D eigenvalue weighted by atomic mass is 19.4. The van der Waals surface area contributed by atoms with Gasteiger partial charge in [0.15, 0.2) is 5.58 Å². The van der Waals surface area contributed by atoms with Gasteiger partial charge in [-0.2, -0.15) is 18.2 Å². The van der Waals surface area contributed by atoms with E-state index in [4.69, 9.17) is 10.2 Å². The highest BCUT2D eigenvalue weighted by Crippen LogP contribution is 2.29. The second kappa shape index (κ2) is 4.64. The Bertz CT molecular complexity index is 577. The lowest BCUT2D eigenvalue weighted by atomic mass is 10.3. The molecule has 0 amide bonds. The van der Waals surface area contributed by atoms with Gasteiger partial charge in [0.05, 0.1) is 5.69 Å². The SMILES string of the molecule is CC(C)N(CC(F)(F)F)c1nc2c(N)cccc2o1. The van der Waals surface area contributed by atoms with Crippen LogP contribution in [0.5, 0.6) is 0 Å². The Hall–Kier alpha value is -1.92. The van der Waals surface area contributed by atoms with Gasteiger partial charge < -0.3 is 15.1 Å². The number of alkyl halides is 3. The first kappa shape index (κ1) is 13.5. The standard InChI is InChI=1S/C12H14F3N3O/c1-7(2)18(6-12(13,14)15)11-17-10-8(16)4-3-5-9(10)19-11/h3-5,7H,6,16H2,1-2H3. The molecule has 0 aliphatic rings. The van der Waals surface area contributed by atoms with E-state index in [1.54, 1.807) is 32.0 Å². The van der Waals surface area contributed by atoms with Crippen molar-refractivity contribution in [2.24, 2.45) is 0 Å². The third-order valence-corrected chi connectivity index (χ3v) is 2.66. The van der Waals surface area contributed by atoms with Crippen molar-refractivity contribution in [3.05, 3.63) is 18.2 Å². The molecule has 1 heterocycles. The molecule has 0 aliphatic heterocycles. The lowest BCUT2D eigenvalue weighted by molar-refractivity contribution is -0.121. The molecule has 2 rings (SSSR count). The molecule has 0 saturated carbocycles. The van der Waals surface area contributed by atoms with Gasteiger partial charge in [0.25, 0.3) is 6.01 Å². The van der Waals surface area contributed by atoms with Crippen molar-refractivity contribution in [1.82, 2.24) is 4.98 Å². The fourth-order valence-electron chi connectivity index (χ4n) is 1.75.